The molecule has 1 aromatic heterocycles. The molecule has 0 bridgehead atoms. The molecule has 1 aromatic carbocycles. The fraction of sp³-hybridized carbons (Fsp3) is 0.312. The first-order valence-electron chi connectivity index (χ1n) is 6.29. The SMILES string of the molecule is COc1ccccc1C(O)C(C)(C)c1cccnc1. The standard InChI is InChI=1S/C16H19NO2/c1-16(2,12-7-6-10-17-11-12)15(18)13-8-4-5-9-14(13)19-3/h4-11,15,18H,1-3H3. The van der Waals surface area contributed by atoms with Gasteiger partial charge in [-0.05, 0) is 17.7 Å². The fourth-order valence-electron chi connectivity index (χ4n) is 2.18. The van der Waals surface area contributed by atoms with Gasteiger partial charge in [0, 0.05) is 23.4 Å². The molecule has 0 saturated carbocycles. The molecule has 2 aromatic rings. The topological polar surface area (TPSA) is 42.4 Å². The maximum Gasteiger partial charge on any atom is 0.124 e. The van der Waals surface area contributed by atoms with Crippen molar-refractivity contribution in [2.24, 2.45) is 0 Å². The van der Waals surface area contributed by atoms with Crippen molar-refractivity contribution in [2.45, 2.75) is 25.4 Å². The highest BCUT2D eigenvalue weighted by atomic mass is 16.5. The number of nitrogens with zero attached hydrogens (tertiary/aromatic N) is 1. The molecule has 0 saturated heterocycles. The Bertz CT molecular complexity index is 537. The highest BCUT2D eigenvalue weighted by Crippen LogP contribution is 2.39. The van der Waals surface area contributed by atoms with E-state index in [0.29, 0.717) is 5.75 Å². The third kappa shape index (κ3) is 2.61. The number of pyridine rings is 1. The van der Waals surface area contributed by atoms with E-state index in [9.17, 15) is 5.11 Å². The van der Waals surface area contributed by atoms with E-state index in [-0.39, 0.29) is 0 Å². The summed E-state index contributed by atoms with van der Waals surface area (Å²) in [6.45, 7) is 4.00. The number of aromatic nitrogens is 1. The minimum atomic E-state index is -0.659. The number of aliphatic hydroxyl groups is 1. The Morgan fingerprint density at radius 1 is 1.16 bits per heavy atom. The average Bonchev–Trinajstić information content (AvgIpc) is 2.47. The average molecular weight is 257 g/mol. The van der Waals surface area contributed by atoms with Crippen molar-refractivity contribution in [2.75, 3.05) is 7.11 Å². The number of hydrogen-bond donors (Lipinski definition) is 1. The maximum absolute atomic E-state index is 10.7. The van der Waals surface area contributed by atoms with Crippen LogP contribution in [-0.4, -0.2) is 17.2 Å². The summed E-state index contributed by atoms with van der Waals surface area (Å²) in [5, 5.41) is 10.7. The predicted molar refractivity (Wildman–Crippen MR) is 75.2 cm³/mol. The summed E-state index contributed by atoms with van der Waals surface area (Å²) >= 11 is 0. The molecule has 1 unspecified atom stereocenters. The van der Waals surface area contributed by atoms with Crippen molar-refractivity contribution < 1.29 is 9.84 Å². The summed E-state index contributed by atoms with van der Waals surface area (Å²) in [5.41, 5.74) is 1.34. The third-order valence-corrected chi connectivity index (χ3v) is 3.52. The van der Waals surface area contributed by atoms with E-state index in [1.54, 1.807) is 19.5 Å². The van der Waals surface area contributed by atoms with Crippen LogP contribution in [0.2, 0.25) is 0 Å². The third-order valence-electron chi connectivity index (χ3n) is 3.52. The van der Waals surface area contributed by atoms with Crippen LogP contribution in [0.25, 0.3) is 0 Å². The van der Waals surface area contributed by atoms with Gasteiger partial charge in [0.1, 0.15) is 5.75 Å². The van der Waals surface area contributed by atoms with Crippen molar-refractivity contribution in [1.29, 1.82) is 0 Å². The molecule has 2 rings (SSSR count). The molecule has 3 heteroatoms. The van der Waals surface area contributed by atoms with Crippen LogP contribution in [0, 0.1) is 0 Å². The van der Waals surface area contributed by atoms with Crippen LogP contribution < -0.4 is 4.74 Å². The van der Waals surface area contributed by atoms with Crippen molar-refractivity contribution in [1.82, 2.24) is 4.98 Å². The number of ether oxygens (including phenoxy) is 1. The molecule has 100 valence electrons. The molecule has 0 aliphatic rings. The number of hydrogen-bond acceptors (Lipinski definition) is 3. The Morgan fingerprint density at radius 3 is 2.53 bits per heavy atom. The number of aliphatic hydroxyl groups excluding tert-OH is 1. The summed E-state index contributed by atoms with van der Waals surface area (Å²) < 4.78 is 5.32. The molecule has 0 radical (unpaired) electrons. The van der Waals surface area contributed by atoms with Gasteiger partial charge in [0.15, 0.2) is 0 Å². The van der Waals surface area contributed by atoms with E-state index in [0.717, 1.165) is 11.1 Å². The number of benzene rings is 1. The van der Waals surface area contributed by atoms with Gasteiger partial charge in [-0.1, -0.05) is 38.1 Å². The van der Waals surface area contributed by atoms with Crippen LogP contribution in [0.15, 0.2) is 48.8 Å². The lowest BCUT2D eigenvalue weighted by atomic mass is 9.77. The van der Waals surface area contributed by atoms with E-state index in [1.165, 1.54) is 0 Å². The smallest absolute Gasteiger partial charge is 0.124 e. The Kier molecular flexibility index (Phi) is 3.86. The van der Waals surface area contributed by atoms with Crippen molar-refractivity contribution >= 4 is 0 Å². The van der Waals surface area contributed by atoms with Gasteiger partial charge in [-0.2, -0.15) is 0 Å². The van der Waals surface area contributed by atoms with Gasteiger partial charge in [-0.15, -0.1) is 0 Å². The van der Waals surface area contributed by atoms with Gasteiger partial charge in [-0.3, -0.25) is 4.98 Å². The molecule has 0 aliphatic heterocycles. The quantitative estimate of drug-likeness (QED) is 0.915. The molecule has 3 nitrogen and oxygen atoms in total. The first-order chi connectivity index (χ1) is 9.07. The lowest BCUT2D eigenvalue weighted by molar-refractivity contribution is 0.0972. The van der Waals surface area contributed by atoms with E-state index in [1.807, 2.05) is 50.2 Å². The van der Waals surface area contributed by atoms with Crippen molar-refractivity contribution in [3.05, 3.63) is 59.9 Å². The summed E-state index contributed by atoms with van der Waals surface area (Å²) in [4.78, 5) is 4.13. The van der Waals surface area contributed by atoms with Crippen molar-refractivity contribution in [3.63, 3.8) is 0 Å². The van der Waals surface area contributed by atoms with Gasteiger partial charge in [-0.25, -0.2) is 0 Å². The number of para-hydroxylation sites is 1. The van der Waals surface area contributed by atoms with E-state index >= 15 is 0 Å². The van der Waals surface area contributed by atoms with Gasteiger partial charge < -0.3 is 9.84 Å². The minimum absolute atomic E-state index is 0.442. The molecule has 19 heavy (non-hydrogen) atoms. The van der Waals surface area contributed by atoms with Gasteiger partial charge in [0.05, 0.1) is 13.2 Å². The number of methoxy groups -OCH3 is 1. The monoisotopic (exact) mass is 257 g/mol. The fourth-order valence-corrected chi connectivity index (χ4v) is 2.18. The zero-order chi connectivity index (χ0) is 13.9. The zero-order valence-corrected chi connectivity index (χ0v) is 11.5. The molecule has 1 atom stereocenters. The predicted octanol–water partition coefficient (Wildman–Crippen LogP) is 3.10. The van der Waals surface area contributed by atoms with Crippen LogP contribution in [0.5, 0.6) is 5.75 Å². The lowest BCUT2D eigenvalue weighted by Crippen LogP contribution is -2.27. The largest absolute Gasteiger partial charge is 0.496 e. The maximum atomic E-state index is 10.7. The molecule has 0 fully saturated rings. The highest BCUT2D eigenvalue weighted by molar-refractivity contribution is 5.38. The first kappa shape index (κ1) is 13.6. The molecular formula is C16H19NO2. The van der Waals surface area contributed by atoms with Crippen molar-refractivity contribution in [3.8, 4) is 5.75 Å². The zero-order valence-electron chi connectivity index (χ0n) is 11.5. The summed E-state index contributed by atoms with van der Waals surface area (Å²) in [6, 6.07) is 11.4. The van der Waals surface area contributed by atoms with E-state index in [4.69, 9.17) is 4.74 Å². The van der Waals surface area contributed by atoms with Crippen LogP contribution in [0.3, 0.4) is 0 Å². The molecule has 0 aliphatic carbocycles. The normalized spacial score (nSPS) is 13.1. The van der Waals surface area contributed by atoms with Crippen LogP contribution in [0.4, 0.5) is 0 Å². The van der Waals surface area contributed by atoms with Crippen LogP contribution in [0.1, 0.15) is 31.1 Å². The second-order valence-electron chi connectivity index (χ2n) is 5.11. The highest BCUT2D eigenvalue weighted by Gasteiger charge is 2.32. The number of rotatable bonds is 4. The molecular weight excluding hydrogens is 238 g/mol. The van der Waals surface area contributed by atoms with Gasteiger partial charge in [0.2, 0.25) is 0 Å². The van der Waals surface area contributed by atoms with Crippen LogP contribution >= 0.6 is 0 Å². The molecule has 0 spiro atoms. The second kappa shape index (κ2) is 5.41. The lowest BCUT2D eigenvalue weighted by Gasteiger charge is -2.31. The van der Waals surface area contributed by atoms with Crippen LogP contribution in [-0.2, 0) is 5.41 Å². The Morgan fingerprint density at radius 2 is 1.89 bits per heavy atom. The van der Waals surface area contributed by atoms with Gasteiger partial charge >= 0.3 is 0 Å². The first-order valence-corrected chi connectivity index (χ1v) is 6.29. The van der Waals surface area contributed by atoms with Gasteiger partial charge in [0.25, 0.3) is 0 Å². The summed E-state index contributed by atoms with van der Waals surface area (Å²) in [6.07, 6.45) is 2.86. The molecule has 1 heterocycles. The second-order valence-corrected chi connectivity index (χ2v) is 5.11. The molecule has 0 amide bonds. The Balaban J connectivity index is 2.40. The van der Waals surface area contributed by atoms with E-state index in [2.05, 4.69) is 4.98 Å². The van der Waals surface area contributed by atoms with E-state index < -0.39 is 11.5 Å². The Hall–Kier alpha value is -1.87. The molecule has 1 N–H and O–H groups in total. The Labute approximate surface area is 113 Å². The minimum Gasteiger partial charge on any atom is -0.496 e. The summed E-state index contributed by atoms with van der Waals surface area (Å²) in [5.74, 6) is 0.701. The summed E-state index contributed by atoms with van der Waals surface area (Å²) in [7, 11) is 1.61.